The van der Waals surface area contributed by atoms with Crippen LogP contribution in [0.3, 0.4) is 0 Å². The molecule has 0 aliphatic heterocycles. The molecule has 0 saturated heterocycles. The largest absolute Gasteiger partial charge is 0.469 e. The summed E-state index contributed by atoms with van der Waals surface area (Å²) < 4.78 is 98.8. The Balaban J connectivity index is 1.99. The summed E-state index contributed by atoms with van der Waals surface area (Å²) in [6.45, 7) is 0. The third-order valence-electron chi connectivity index (χ3n) is 4.57. The molecule has 11 heteroatoms. The van der Waals surface area contributed by atoms with Gasteiger partial charge in [-0.3, -0.25) is 0 Å². The molecule has 5 nitrogen and oxygen atoms in total. The molecule has 0 aliphatic carbocycles. The number of rotatable bonds is 7. The number of hydrogen-bond donors (Lipinski definition) is 0. The molecule has 0 amide bonds. The molecule has 4 rings (SSSR count). The molecule has 1 aromatic heterocycles. The summed E-state index contributed by atoms with van der Waals surface area (Å²) in [6.07, 6.45) is -6.07. The van der Waals surface area contributed by atoms with Gasteiger partial charge in [-0.05, 0) is 24.3 Å². The lowest BCUT2D eigenvalue weighted by Crippen LogP contribution is -2.37. The summed E-state index contributed by atoms with van der Waals surface area (Å²) in [5, 5.41) is 2.30. The summed E-state index contributed by atoms with van der Waals surface area (Å²) >= 11 is 0. The van der Waals surface area contributed by atoms with Crippen LogP contribution in [0.2, 0.25) is 0 Å². The van der Waals surface area contributed by atoms with E-state index in [2.05, 4.69) is 9.68 Å². The summed E-state index contributed by atoms with van der Waals surface area (Å²) in [7, 11) is -5.01. The van der Waals surface area contributed by atoms with Crippen LogP contribution in [0.1, 0.15) is 5.76 Å². The fourth-order valence-corrected chi connectivity index (χ4v) is 4.89. The molecule has 0 fully saturated rings. The minimum atomic E-state index is -6.07. The number of nitrogens with zero attached hydrogens (tertiary/aromatic N) is 1. The van der Waals surface area contributed by atoms with Crippen molar-refractivity contribution in [3.05, 3.63) is 96.8 Å². The van der Waals surface area contributed by atoms with Gasteiger partial charge in [-0.25, -0.2) is 4.57 Å². The molecular formula is C23H15F5NO4P. The molecule has 0 radical (unpaired) electrons. The van der Waals surface area contributed by atoms with Gasteiger partial charge < -0.3 is 13.6 Å². The molecule has 4 aromatic rings. The minimum absolute atomic E-state index is 0.0685. The quantitative estimate of drug-likeness (QED) is 0.205. The monoisotopic (exact) mass is 495 g/mol. The van der Waals surface area contributed by atoms with Gasteiger partial charge in [-0.2, -0.15) is 22.0 Å². The van der Waals surface area contributed by atoms with Gasteiger partial charge in [-0.15, -0.1) is 0 Å². The fourth-order valence-electron chi connectivity index (χ4n) is 3.01. The van der Waals surface area contributed by atoms with Crippen molar-refractivity contribution in [1.29, 1.82) is 0 Å². The van der Waals surface area contributed by atoms with Gasteiger partial charge in [0.1, 0.15) is 17.2 Å². The van der Waals surface area contributed by atoms with Crippen LogP contribution in [-0.4, -0.2) is 11.3 Å². The summed E-state index contributed by atoms with van der Waals surface area (Å²) in [5.74, 6) is -7.71. The number of alkyl halides is 5. The topological polar surface area (TPSA) is 61.6 Å². The van der Waals surface area contributed by atoms with Crippen LogP contribution < -0.4 is 14.4 Å². The van der Waals surface area contributed by atoms with Crippen LogP contribution >= 0.6 is 7.60 Å². The molecule has 0 spiro atoms. The summed E-state index contributed by atoms with van der Waals surface area (Å²) in [6, 6.07) is 21.9. The van der Waals surface area contributed by atoms with Crippen molar-refractivity contribution in [3.63, 3.8) is 0 Å². The maximum Gasteiger partial charge on any atom is 0.469 e. The highest BCUT2D eigenvalue weighted by molar-refractivity contribution is 7.63. The van der Waals surface area contributed by atoms with Gasteiger partial charge in [0, 0.05) is 5.56 Å². The van der Waals surface area contributed by atoms with Gasteiger partial charge in [0.25, 0.3) is 0 Å². The lowest BCUT2D eigenvalue weighted by atomic mass is 10.1. The summed E-state index contributed by atoms with van der Waals surface area (Å²) in [5.41, 5.74) is -0.464. The molecule has 0 bridgehead atoms. The number of para-hydroxylation sites is 2. The maximum absolute atomic E-state index is 14.6. The second-order valence-electron chi connectivity index (χ2n) is 6.95. The number of benzene rings is 3. The molecule has 0 saturated carbocycles. The van der Waals surface area contributed by atoms with E-state index in [-0.39, 0.29) is 17.1 Å². The van der Waals surface area contributed by atoms with Gasteiger partial charge in [0.05, 0.1) is 0 Å². The van der Waals surface area contributed by atoms with Gasteiger partial charge >= 0.3 is 19.7 Å². The van der Waals surface area contributed by atoms with E-state index >= 15 is 0 Å². The smallest absolute Gasteiger partial charge is 0.413 e. The Hall–Kier alpha value is -3.65. The predicted molar refractivity (Wildman–Crippen MR) is 113 cm³/mol. The van der Waals surface area contributed by atoms with E-state index in [0.29, 0.717) is 0 Å². The molecule has 176 valence electrons. The Kier molecular flexibility index (Phi) is 6.18. The maximum atomic E-state index is 14.6. The van der Waals surface area contributed by atoms with Crippen LogP contribution in [0.25, 0.3) is 11.3 Å². The molecular weight excluding hydrogens is 480 g/mol. The Morgan fingerprint density at radius 3 is 1.59 bits per heavy atom. The van der Waals surface area contributed by atoms with Crippen molar-refractivity contribution in [2.45, 2.75) is 12.1 Å². The highest BCUT2D eigenvalue weighted by Crippen LogP contribution is 2.54. The van der Waals surface area contributed by atoms with Crippen molar-refractivity contribution >= 4 is 12.9 Å². The highest BCUT2D eigenvalue weighted by Gasteiger charge is 2.65. The zero-order chi connectivity index (χ0) is 24.4. The summed E-state index contributed by atoms with van der Waals surface area (Å²) in [4.78, 5) is 0. The van der Waals surface area contributed by atoms with Gasteiger partial charge in [-0.1, -0.05) is 71.9 Å². The van der Waals surface area contributed by atoms with E-state index in [9.17, 15) is 26.5 Å². The second-order valence-corrected chi connectivity index (χ2v) is 8.76. The first-order valence-electron chi connectivity index (χ1n) is 9.72. The van der Waals surface area contributed by atoms with Crippen LogP contribution in [0, 0.1) is 0 Å². The third kappa shape index (κ3) is 4.54. The van der Waals surface area contributed by atoms with Crippen molar-refractivity contribution < 1.29 is 40.1 Å². The van der Waals surface area contributed by atoms with E-state index < -0.39 is 36.5 Å². The zero-order valence-electron chi connectivity index (χ0n) is 17.1. The predicted octanol–water partition coefficient (Wildman–Crippen LogP) is 6.97. The number of hydrogen-bond acceptors (Lipinski definition) is 5. The Morgan fingerprint density at radius 1 is 0.706 bits per heavy atom. The average molecular weight is 495 g/mol. The van der Waals surface area contributed by atoms with Crippen molar-refractivity contribution in [2.24, 2.45) is 0 Å². The van der Waals surface area contributed by atoms with E-state index in [4.69, 9.17) is 9.05 Å². The van der Waals surface area contributed by atoms with Crippen LogP contribution in [0.15, 0.2) is 95.5 Å². The fraction of sp³-hybridized carbons (Fsp3) is 0.0870. The number of aromatic nitrogens is 1. The van der Waals surface area contributed by atoms with E-state index in [1.54, 1.807) is 18.2 Å². The first-order chi connectivity index (χ1) is 16.1. The first kappa shape index (κ1) is 23.5. The Morgan fingerprint density at radius 2 is 1.15 bits per heavy atom. The molecule has 1 heterocycles. The first-order valence-corrected chi connectivity index (χ1v) is 11.3. The van der Waals surface area contributed by atoms with Crippen molar-refractivity contribution in [3.8, 4) is 22.8 Å². The normalized spacial score (nSPS) is 12.4. The molecule has 0 unspecified atom stereocenters. The number of halogens is 5. The van der Waals surface area contributed by atoms with Crippen molar-refractivity contribution in [2.75, 3.05) is 0 Å². The van der Waals surface area contributed by atoms with Crippen molar-refractivity contribution in [1.82, 2.24) is 5.16 Å². The second kappa shape index (κ2) is 8.95. The SMILES string of the molecule is O=P(Oc1ccccc1)(Oc1ccccc1)c1c(-c2ccccc2)noc1C(F)(F)C(F)(F)F. The molecule has 3 aromatic carbocycles. The molecule has 34 heavy (non-hydrogen) atoms. The van der Waals surface area contributed by atoms with Gasteiger partial charge in [0.2, 0.25) is 5.76 Å². The lowest BCUT2D eigenvalue weighted by molar-refractivity contribution is -0.296. The molecule has 0 atom stereocenters. The van der Waals surface area contributed by atoms with Gasteiger partial charge in [0.15, 0.2) is 5.30 Å². The molecule has 0 aliphatic rings. The Labute approximate surface area is 190 Å². The standard InChI is InChI=1S/C23H15F5NO4P/c24-22(25,23(26,27)28)21-20(19(29-31-21)16-10-4-1-5-11-16)34(30,32-17-12-6-2-7-13-17)33-18-14-8-3-9-15-18/h1-15H. The highest BCUT2D eigenvalue weighted by atomic mass is 31.2. The van der Waals surface area contributed by atoms with E-state index in [1.165, 1.54) is 72.8 Å². The average Bonchev–Trinajstić information content (AvgIpc) is 3.27. The lowest BCUT2D eigenvalue weighted by Gasteiger charge is -2.23. The van der Waals surface area contributed by atoms with Crippen LogP contribution in [0.4, 0.5) is 22.0 Å². The Bertz CT molecular complexity index is 1250. The van der Waals surface area contributed by atoms with Crippen LogP contribution in [-0.2, 0) is 10.5 Å². The minimum Gasteiger partial charge on any atom is -0.413 e. The van der Waals surface area contributed by atoms with Crippen LogP contribution in [0.5, 0.6) is 11.5 Å². The molecule has 0 N–H and O–H groups in total. The van der Waals surface area contributed by atoms with E-state index in [1.807, 2.05) is 0 Å². The third-order valence-corrected chi connectivity index (χ3v) is 6.43. The zero-order valence-corrected chi connectivity index (χ0v) is 18.0. The van der Waals surface area contributed by atoms with E-state index in [0.717, 1.165) is 0 Å².